The number of hydrogen-bond acceptors (Lipinski definition) is 3. The van der Waals surface area contributed by atoms with Crippen LogP contribution >= 0.6 is 0 Å². The highest BCUT2D eigenvalue weighted by molar-refractivity contribution is 5.83. The fourth-order valence-corrected chi connectivity index (χ4v) is 2.14. The molecule has 1 saturated carbocycles. The zero-order valence-corrected chi connectivity index (χ0v) is 10.4. The molecule has 0 radical (unpaired) electrons. The van der Waals surface area contributed by atoms with Gasteiger partial charge >= 0.3 is 0 Å². The van der Waals surface area contributed by atoms with Gasteiger partial charge in [-0.3, -0.25) is 4.79 Å². The Bertz CT molecular complexity index is 245. The number of nitrogens with one attached hydrogen (secondary N) is 1. The minimum Gasteiger partial charge on any atom is -0.396 e. The third-order valence-electron chi connectivity index (χ3n) is 3.59. The number of aliphatic hydroxyl groups is 1. The Morgan fingerprint density at radius 2 is 2.00 bits per heavy atom. The van der Waals surface area contributed by atoms with E-state index in [1.807, 2.05) is 13.8 Å². The van der Waals surface area contributed by atoms with E-state index in [2.05, 4.69) is 5.32 Å². The summed E-state index contributed by atoms with van der Waals surface area (Å²) in [6.07, 6.45) is 3.98. The lowest BCUT2D eigenvalue weighted by molar-refractivity contribution is -0.130. The Balaban J connectivity index is 2.51. The molecule has 4 N–H and O–H groups in total. The first kappa shape index (κ1) is 13.5. The van der Waals surface area contributed by atoms with Crippen LogP contribution in [0.3, 0.4) is 0 Å². The third kappa shape index (κ3) is 2.95. The lowest BCUT2D eigenvalue weighted by Gasteiger charge is -2.29. The highest BCUT2D eigenvalue weighted by Gasteiger charge is 2.40. The summed E-state index contributed by atoms with van der Waals surface area (Å²) < 4.78 is 0. The fourth-order valence-electron chi connectivity index (χ4n) is 2.14. The van der Waals surface area contributed by atoms with Crippen molar-refractivity contribution in [2.45, 2.75) is 39.5 Å². The van der Waals surface area contributed by atoms with Gasteiger partial charge in [-0.1, -0.05) is 26.7 Å². The van der Waals surface area contributed by atoms with E-state index in [0.29, 0.717) is 13.1 Å². The zero-order chi connectivity index (χ0) is 12.2. The van der Waals surface area contributed by atoms with Crippen molar-refractivity contribution in [3.05, 3.63) is 0 Å². The van der Waals surface area contributed by atoms with Crippen LogP contribution in [0.1, 0.15) is 39.5 Å². The van der Waals surface area contributed by atoms with Gasteiger partial charge in [0.25, 0.3) is 0 Å². The fraction of sp³-hybridized carbons (Fsp3) is 0.917. The molecular weight excluding hydrogens is 204 g/mol. The maximum absolute atomic E-state index is 12.1. The molecule has 1 aliphatic carbocycles. The molecule has 0 bridgehead atoms. The number of carbonyl (C=O) groups excluding carboxylic acids is 1. The van der Waals surface area contributed by atoms with Crippen LogP contribution in [-0.2, 0) is 4.79 Å². The van der Waals surface area contributed by atoms with Gasteiger partial charge in [0.2, 0.25) is 5.91 Å². The Hall–Kier alpha value is -0.610. The molecule has 0 unspecified atom stereocenters. The first-order chi connectivity index (χ1) is 7.46. The summed E-state index contributed by atoms with van der Waals surface area (Å²) in [5, 5.41) is 12.0. The Morgan fingerprint density at radius 3 is 2.44 bits per heavy atom. The first-order valence-electron chi connectivity index (χ1n) is 6.05. The van der Waals surface area contributed by atoms with Crippen molar-refractivity contribution >= 4 is 5.91 Å². The van der Waals surface area contributed by atoms with Crippen LogP contribution in [0.4, 0.5) is 0 Å². The van der Waals surface area contributed by atoms with Crippen LogP contribution in [0, 0.1) is 10.8 Å². The van der Waals surface area contributed by atoms with E-state index in [-0.39, 0.29) is 23.3 Å². The molecule has 1 rings (SSSR count). The van der Waals surface area contributed by atoms with Crippen molar-refractivity contribution in [2.75, 3.05) is 19.7 Å². The van der Waals surface area contributed by atoms with Gasteiger partial charge in [0, 0.05) is 25.1 Å². The molecule has 0 atom stereocenters. The first-order valence-corrected chi connectivity index (χ1v) is 6.05. The van der Waals surface area contributed by atoms with E-state index in [9.17, 15) is 4.79 Å². The molecule has 0 saturated heterocycles. The van der Waals surface area contributed by atoms with Crippen molar-refractivity contribution in [1.29, 1.82) is 0 Å². The van der Waals surface area contributed by atoms with Crippen LogP contribution < -0.4 is 11.1 Å². The van der Waals surface area contributed by atoms with Crippen molar-refractivity contribution in [3.8, 4) is 0 Å². The monoisotopic (exact) mass is 228 g/mol. The van der Waals surface area contributed by atoms with Gasteiger partial charge < -0.3 is 16.2 Å². The number of nitrogens with two attached hydrogens (primary N) is 1. The molecule has 4 heteroatoms. The maximum Gasteiger partial charge on any atom is 0.227 e. The normalized spacial score (nSPS) is 19.8. The Kier molecular flexibility index (Phi) is 4.33. The average Bonchev–Trinajstić information content (AvgIpc) is 2.76. The van der Waals surface area contributed by atoms with Gasteiger partial charge in [-0.05, 0) is 12.8 Å². The van der Waals surface area contributed by atoms with E-state index >= 15 is 0 Å². The van der Waals surface area contributed by atoms with E-state index in [4.69, 9.17) is 10.8 Å². The summed E-state index contributed by atoms with van der Waals surface area (Å²) in [7, 11) is 0. The lowest BCUT2D eigenvalue weighted by Crippen LogP contribution is -2.47. The van der Waals surface area contributed by atoms with Crippen LogP contribution in [0.2, 0.25) is 0 Å². The molecule has 1 fully saturated rings. The maximum atomic E-state index is 12.1. The summed E-state index contributed by atoms with van der Waals surface area (Å²) in [5.74, 6) is 0.0639. The van der Waals surface area contributed by atoms with E-state index in [0.717, 1.165) is 25.7 Å². The topological polar surface area (TPSA) is 75.3 Å². The van der Waals surface area contributed by atoms with E-state index in [1.165, 1.54) is 0 Å². The van der Waals surface area contributed by atoms with Gasteiger partial charge in [-0.25, -0.2) is 0 Å². The lowest BCUT2D eigenvalue weighted by atomic mass is 9.84. The van der Waals surface area contributed by atoms with Gasteiger partial charge in [0.1, 0.15) is 0 Å². The SMILES string of the molecule is CC(C)(CO)CNC(=O)C1(CN)CCCC1. The van der Waals surface area contributed by atoms with Gasteiger partial charge in [0.15, 0.2) is 0 Å². The molecule has 0 aromatic heterocycles. The van der Waals surface area contributed by atoms with Crippen molar-refractivity contribution in [3.63, 3.8) is 0 Å². The molecule has 1 aliphatic rings. The molecule has 0 heterocycles. The van der Waals surface area contributed by atoms with Crippen LogP contribution in [0.25, 0.3) is 0 Å². The minimum absolute atomic E-state index is 0.0639. The van der Waals surface area contributed by atoms with Crippen LogP contribution in [-0.4, -0.2) is 30.7 Å². The molecule has 0 aliphatic heterocycles. The quantitative estimate of drug-likeness (QED) is 0.646. The van der Waals surface area contributed by atoms with Crippen molar-refractivity contribution < 1.29 is 9.90 Å². The third-order valence-corrected chi connectivity index (χ3v) is 3.59. The largest absolute Gasteiger partial charge is 0.396 e. The minimum atomic E-state index is -0.342. The molecule has 0 aromatic rings. The molecule has 4 nitrogen and oxygen atoms in total. The number of hydrogen-bond donors (Lipinski definition) is 3. The van der Waals surface area contributed by atoms with Crippen LogP contribution in [0.15, 0.2) is 0 Å². The Morgan fingerprint density at radius 1 is 1.44 bits per heavy atom. The van der Waals surface area contributed by atoms with Crippen molar-refractivity contribution in [2.24, 2.45) is 16.6 Å². The van der Waals surface area contributed by atoms with Gasteiger partial charge in [0.05, 0.1) is 5.41 Å². The summed E-state index contributed by atoms with van der Waals surface area (Å²) in [6.45, 7) is 4.86. The second kappa shape index (κ2) is 5.15. The van der Waals surface area contributed by atoms with Gasteiger partial charge in [-0.15, -0.1) is 0 Å². The second-order valence-electron chi connectivity index (χ2n) is 5.70. The van der Waals surface area contributed by atoms with Gasteiger partial charge in [-0.2, -0.15) is 0 Å². The predicted molar refractivity (Wildman–Crippen MR) is 63.8 cm³/mol. The van der Waals surface area contributed by atoms with E-state index in [1.54, 1.807) is 0 Å². The molecule has 1 amide bonds. The molecular formula is C12H24N2O2. The summed E-state index contributed by atoms with van der Waals surface area (Å²) in [6, 6.07) is 0. The molecule has 16 heavy (non-hydrogen) atoms. The van der Waals surface area contributed by atoms with E-state index < -0.39 is 0 Å². The standard InChI is InChI=1S/C12H24N2O2/c1-11(2,9-15)8-14-10(16)12(7-13)5-3-4-6-12/h15H,3-9,13H2,1-2H3,(H,14,16). The number of rotatable bonds is 5. The zero-order valence-electron chi connectivity index (χ0n) is 10.4. The second-order valence-corrected chi connectivity index (χ2v) is 5.70. The average molecular weight is 228 g/mol. The number of aliphatic hydroxyl groups excluding tert-OH is 1. The molecule has 0 aromatic carbocycles. The van der Waals surface area contributed by atoms with Crippen molar-refractivity contribution in [1.82, 2.24) is 5.32 Å². The number of carbonyl (C=O) groups is 1. The number of amides is 1. The summed E-state index contributed by atoms with van der Waals surface area (Å²) in [4.78, 5) is 12.1. The molecule has 0 spiro atoms. The predicted octanol–water partition coefficient (Wildman–Crippen LogP) is 0.640. The smallest absolute Gasteiger partial charge is 0.227 e. The highest BCUT2D eigenvalue weighted by Crippen LogP contribution is 2.37. The highest BCUT2D eigenvalue weighted by atomic mass is 16.3. The van der Waals surface area contributed by atoms with Crippen LogP contribution in [0.5, 0.6) is 0 Å². The summed E-state index contributed by atoms with van der Waals surface area (Å²) >= 11 is 0. The molecule has 94 valence electrons. The Labute approximate surface area is 97.6 Å². The summed E-state index contributed by atoms with van der Waals surface area (Å²) in [5.41, 5.74) is 5.13.